The van der Waals surface area contributed by atoms with Gasteiger partial charge in [-0.05, 0) is 55.8 Å². The summed E-state index contributed by atoms with van der Waals surface area (Å²) in [5.74, 6) is -0.860. The minimum absolute atomic E-state index is 0.285. The molecule has 0 amide bonds. The number of hydrogen-bond donors (Lipinski definition) is 1. The zero-order valence-electron chi connectivity index (χ0n) is 11.5. The first-order valence-electron chi connectivity index (χ1n) is 6.59. The molecule has 2 rings (SSSR count). The number of benzene rings is 2. The molecule has 1 N–H and O–H groups in total. The van der Waals surface area contributed by atoms with Crippen LogP contribution in [0.1, 0.15) is 24.1 Å². The predicted octanol–water partition coefficient (Wildman–Crippen LogP) is 5.16. The molecule has 0 heterocycles. The topological polar surface area (TPSA) is 12.0 Å². The van der Waals surface area contributed by atoms with Gasteiger partial charge in [0.1, 0.15) is 11.6 Å². The molecule has 0 aliphatic carbocycles. The van der Waals surface area contributed by atoms with Crippen LogP contribution in [0.4, 0.5) is 8.78 Å². The molecule has 0 aromatic heterocycles. The van der Waals surface area contributed by atoms with Crippen LogP contribution < -0.4 is 5.32 Å². The molecule has 2 aromatic rings. The molecule has 1 nitrogen and oxygen atoms in total. The molecule has 2 aromatic carbocycles. The van der Waals surface area contributed by atoms with Crippen LogP contribution in [-0.4, -0.2) is 6.54 Å². The van der Waals surface area contributed by atoms with Crippen molar-refractivity contribution in [3.63, 3.8) is 0 Å². The van der Waals surface area contributed by atoms with Crippen LogP contribution in [0.3, 0.4) is 0 Å². The maximum absolute atomic E-state index is 13.6. The quantitative estimate of drug-likeness (QED) is 0.798. The van der Waals surface area contributed by atoms with Crippen LogP contribution >= 0.6 is 23.2 Å². The Balaban J connectivity index is 1.95. The minimum atomic E-state index is -0.444. The Morgan fingerprint density at radius 2 is 1.86 bits per heavy atom. The summed E-state index contributed by atoms with van der Waals surface area (Å²) in [6, 6.07) is 8.50. The highest BCUT2D eigenvalue weighted by Crippen LogP contribution is 2.22. The third-order valence-corrected chi connectivity index (χ3v) is 3.87. The Kier molecular flexibility index (Phi) is 5.57. The molecular weight excluding hydrogens is 315 g/mol. The van der Waals surface area contributed by atoms with E-state index in [1.807, 2.05) is 6.07 Å². The van der Waals surface area contributed by atoms with Crippen molar-refractivity contribution in [1.29, 1.82) is 0 Å². The minimum Gasteiger partial charge on any atom is -0.310 e. The first-order valence-corrected chi connectivity index (χ1v) is 7.35. The van der Waals surface area contributed by atoms with Gasteiger partial charge in [-0.1, -0.05) is 29.3 Å². The second-order valence-electron chi connectivity index (χ2n) is 4.83. The lowest BCUT2D eigenvalue weighted by Crippen LogP contribution is -2.22. The fourth-order valence-electron chi connectivity index (χ4n) is 2.10. The molecule has 0 spiro atoms. The third kappa shape index (κ3) is 4.40. The smallest absolute Gasteiger partial charge is 0.128 e. The summed E-state index contributed by atoms with van der Waals surface area (Å²) >= 11 is 11.9. The highest BCUT2D eigenvalue weighted by molar-refractivity contribution is 6.35. The Bertz CT molecular complexity index is 632. The number of halogens is 4. The van der Waals surface area contributed by atoms with E-state index < -0.39 is 11.6 Å². The van der Waals surface area contributed by atoms with Gasteiger partial charge >= 0.3 is 0 Å². The van der Waals surface area contributed by atoms with Crippen LogP contribution in [0.15, 0.2) is 36.4 Å². The predicted molar refractivity (Wildman–Crippen MR) is 82.9 cm³/mol. The molecule has 0 aliphatic heterocycles. The van der Waals surface area contributed by atoms with E-state index in [1.54, 1.807) is 19.1 Å². The van der Waals surface area contributed by atoms with Gasteiger partial charge in [-0.15, -0.1) is 0 Å². The summed E-state index contributed by atoms with van der Waals surface area (Å²) in [4.78, 5) is 0. The zero-order chi connectivity index (χ0) is 15.4. The Morgan fingerprint density at radius 1 is 1.10 bits per heavy atom. The molecule has 0 saturated heterocycles. The fourth-order valence-corrected chi connectivity index (χ4v) is 2.61. The number of hydrogen-bond acceptors (Lipinski definition) is 1. The average Bonchev–Trinajstić information content (AvgIpc) is 2.43. The van der Waals surface area contributed by atoms with Crippen molar-refractivity contribution in [1.82, 2.24) is 5.32 Å². The van der Waals surface area contributed by atoms with Crippen molar-refractivity contribution < 1.29 is 8.78 Å². The van der Waals surface area contributed by atoms with E-state index in [-0.39, 0.29) is 6.04 Å². The van der Waals surface area contributed by atoms with Crippen molar-refractivity contribution in [2.24, 2.45) is 0 Å². The Morgan fingerprint density at radius 3 is 2.57 bits per heavy atom. The summed E-state index contributed by atoms with van der Waals surface area (Å²) in [5, 5.41) is 4.35. The monoisotopic (exact) mass is 329 g/mol. The summed E-state index contributed by atoms with van der Waals surface area (Å²) in [7, 11) is 0. The van der Waals surface area contributed by atoms with Gasteiger partial charge in [-0.25, -0.2) is 8.78 Å². The van der Waals surface area contributed by atoms with E-state index in [0.717, 1.165) is 17.7 Å². The van der Waals surface area contributed by atoms with Crippen LogP contribution in [0.25, 0.3) is 0 Å². The van der Waals surface area contributed by atoms with Crippen LogP contribution in [0.5, 0.6) is 0 Å². The largest absolute Gasteiger partial charge is 0.310 e. The fraction of sp³-hybridized carbons (Fsp3) is 0.250. The van der Waals surface area contributed by atoms with Crippen LogP contribution in [-0.2, 0) is 6.42 Å². The van der Waals surface area contributed by atoms with E-state index in [0.29, 0.717) is 28.6 Å². The molecular formula is C16H15Cl2F2N. The maximum Gasteiger partial charge on any atom is 0.128 e. The Labute approximate surface area is 132 Å². The summed E-state index contributed by atoms with van der Waals surface area (Å²) in [6.45, 7) is 2.39. The first kappa shape index (κ1) is 16.2. The normalized spacial score (nSPS) is 12.4. The molecule has 1 atom stereocenters. The van der Waals surface area contributed by atoms with Crippen LogP contribution in [0, 0.1) is 11.6 Å². The maximum atomic E-state index is 13.6. The van der Waals surface area contributed by atoms with E-state index in [9.17, 15) is 8.78 Å². The summed E-state index contributed by atoms with van der Waals surface area (Å²) < 4.78 is 26.8. The average molecular weight is 330 g/mol. The zero-order valence-corrected chi connectivity index (χ0v) is 13.0. The highest BCUT2D eigenvalue weighted by Gasteiger charge is 2.11. The second-order valence-corrected chi connectivity index (χ2v) is 5.67. The van der Waals surface area contributed by atoms with Gasteiger partial charge in [0.2, 0.25) is 0 Å². The van der Waals surface area contributed by atoms with Crippen molar-refractivity contribution in [3.05, 3.63) is 69.2 Å². The van der Waals surface area contributed by atoms with Gasteiger partial charge in [0, 0.05) is 21.7 Å². The third-order valence-electron chi connectivity index (χ3n) is 3.28. The molecule has 1 unspecified atom stereocenters. The van der Waals surface area contributed by atoms with Gasteiger partial charge in [0.25, 0.3) is 0 Å². The molecule has 0 bridgehead atoms. The van der Waals surface area contributed by atoms with Crippen molar-refractivity contribution in [3.8, 4) is 0 Å². The molecule has 0 fully saturated rings. The van der Waals surface area contributed by atoms with E-state index in [4.69, 9.17) is 23.2 Å². The lowest BCUT2D eigenvalue weighted by atomic mass is 10.1. The first-order chi connectivity index (χ1) is 9.97. The summed E-state index contributed by atoms with van der Waals surface area (Å²) in [5.41, 5.74) is 1.28. The van der Waals surface area contributed by atoms with Crippen molar-refractivity contribution in [2.75, 3.05) is 6.54 Å². The SMILES string of the molecule is CC(NCCc1ccc(Cl)cc1Cl)c1cc(F)ccc1F. The standard InChI is InChI=1S/C16H15Cl2F2N/c1-10(14-9-13(19)4-5-16(14)20)21-7-6-11-2-3-12(17)8-15(11)18/h2-5,8-10,21H,6-7H2,1H3. The molecule has 112 valence electrons. The lowest BCUT2D eigenvalue weighted by molar-refractivity contribution is 0.521. The van der Waals surface area contributed by atoms with Gasteiger partial charge in [-0.3, -0.25) is 0 Å². The van der Waals surface area contributed by atoms with Gasteiger partial charge in [-0.2, -0.15) is 0 Å². The lowest BCUT2D eigenvalue weighted by Gasteiger charge is -2.15. The van der Waals surface area contributed by atoms with Crippen molar-refractivity contribution in [2.45, 2.75) is 19.4 Å². The highest BCUT2D eigenvalue weighted by atomic mass is 35.5. The van der Waals surface area contributed by atoms with Gasteiger partial charge in [0.05, 0.1) is 0 Å². The van der Waals surface area contributed by atoms with E-state index >= 15 is 0 Å². The molecule has 5 heteroatoms. The van der Waals surface area contributed by atoms with Crippen LogP contribution in [0.2, 0.25) is 10.0 Å². The molecule has 0 radical (unpaired) electrons. The van der Waals surface area contributed by atoms with Gasteiger partial charge < -0.3 is 5.32 Å². The second kappa shape index (κ2) is 7.21. The number of nitrogens with one attached hydrogen (secondary N) is 1. The van der Waals surface area contributed by atoms with Crippen molar-refractivity contribution >= 4 is 23.2 Å². The van der Waals surface area contributed by atoms with E-state index in [1.165, 1.54) is 6.07 Å². The summed E-state index contributed by atoms with van der Waals surface area (Å²) in [6.07, 6.45) is 0.678. The van der Waals surface area contributed by atoms with E-state index in [2.05, 4.69) is 5.32 Å². The number of rotatable bonds is 5. The molecule has 0 saturated carbocycles. The molecule has 21 heavy (non-hydrogen) atoms. The van der Waals surface area contributed by atoms with Gasteiger partial charge in [0.15, 0.2) is 0 Å². The Hall–Kier alpha value is -1.16. The molecule has 0 aliphatic rings.